The average Bonchev–Trinajstić information content (AvgIpc) is 2.82. The summed E-state index contributed by atoms with van der Waals surface area (Å²) in [5, 5.41) is 29.1. The van der Waals surface area contributed by atoms with Crippen molar-refractivity contribution in [3.05, 3.63) is 95.6 Å². The summed E-state index contributed by atoms with van der Waals surface area (Å²) < 4.78 is 5.01. The Morgan fingerprint density at radius 2 is 1.79 bits per heavy atom. The van der Waals surface area contributed by atoms with Gasteiger partial charge in [0.05, 0.1) is 17.9 Å². The van der Waals surface area contributed by atoms with Gasteiger partial charge in [-0.15, -0.1) is 5.11 Å². The van der Waals surface area contributed by atoms with Crippen LogP contribution in [0.2, 0.25) is 0 Å². The van der Waals surface area contributed by atoms with E-state index in [-0.39, 0.29) is 23.6 Å². The number of esters is 1. The molecule has 0 fully saturated rings. The molecule has 7 heteroatoms. The number of benzene rings is 3. The maximum Gasteiger partial charge on any atom is 0.330 e. The minimum atomic E-state index is -0.477. The highest BCUT2D eigenvalue weighted by Crippen LogP contribution is 2.40. The minimum Gasteiger partial charge on any atom is -0.505 e. The van der Waals surface area contributed by atoms with Gasteiger partial charge in [0.1, 0.15) is 5.75 Å². The van der Waals surface area contributed by atoms with Gasteiger partial charge in [0.15, 0.2) is 17.2 Å². The third kappa shape index (κ3) is 5.92. The number of carbonyl (C=O) groups excluding carboxylic acids is 2. The van der Waals surface area contributed by atoms with Gasteiger partial charge in [-0.1, -0.05) is 54.6 Å². The molecule has 0 aliphatic rings. The first-order valence-corrected chi connectivity index (χ1v) is 10.4. The number of aryl methyl sites for hydroxylation is 2. The number of carbonyl (C=O) groups is 2. The van der Waals surface area contributed by atoms with E-state index >= 15 is 0 Å². The van der Waals surface area contributed by atoms with Crippen LogP contribution in [0, 0.1) is 6.92 Å². The molecule has 168 valence electrons. The van der Waals surface area contributed by atoms with Crippen molar-refractivity contribution < 1.29 is 24.5 Å². The number of hydrogen-bond acceptors (Lipinski definition) is 7. The molecule has 0 aliphatic carbocycles. The van der Waals surface area contributed by atoms with Gasteiger partial charge in [0, 0.05) is 11.6 Å². The van der Waals surface area contributed by atoms with E-state index in [0.29, 0.717) is 24.1 Å². The van der Waals surface area contributed by atoms with Crippen molar-refractivity contribution in [2.75, 3.05) is 6.61 Å². The van der Waals surface area contributed by atoms with Crippen LogP contribution >= 0.6 is 0 Å². The Kier molecular flexibility index (Phi) is 7.70. The van der Waals surface area contributed by atoms with Crippen molar-refractivity contribution in [3.8, 4) is 11.5 Å². The molecular formula is C26H24N2O5. The van der Waals surface area contributed by atoms with E-state index in [1.54, 1.807) is 36.4 Å². The second-order valence-corrected chi connectivity index (χ2v) is 7.33. The zero-order valence-corrected chi connectivity index (χ0v) is 18.2. The number of azo groups is 1. The van der Waals surface area contributed by atoms with Crippen molar-refractivity contribution in [2.45, 2.75) is 19.8 Å². The largest absolute Gasteiger partial charge is 0.505 e. The Morgan fingerprint density at radius 3 is 2.52 bits per heavy atom. The number of ketones is 1. The highest BCUT2D eigenvalue weighted by molar-refractivity contribution is 6.11. The molecule has 3 rings (SSSR count). The molecule has 0 saturated heterocycles. The van der Waals surface area contributed by atoms with Gasteiger partial charge in [-0.25, -0.2) is 4.79 Å². The van der Waals surface area contributed by atoms with E-state index in [4.69, 9.17) is 4.74 Å². The Morgan fingerprint density at radius 1 is 1.03 bits per heavy atom. The zero-order chi connectivity index (χ0) is 23.8. The monoisotopic (exact) mass is 444 g/mol. The van der Waals surface area contributed by atoms with Gasteiger partial charge in [-0.3, -0.25) is 4.79 Å². The third-order valence-electron chi connectivity index (χ3n) is 4.90. The topological polar surface area (TPSA) is 109 Å². The molecule has 0 unspecified atom stereocenters. The number of nitrogens with zero attached hydrogens (tertiary/aromatic N) is 2. The number of phenols is 2. The van der Waals surface area contributed by atoms with Gasteiger partial charge in [0.2, 0.25) is 0 Å². The lowest BCUT2D eigenvalue weighted by molar-refractivity contribution is -0.137. The average molecular weight is 444 g/mol. The predicted octanol–water partition coefficient (Wildman–Crippen LogP) is 5.71. The van der Waals surface area contributed by atoms with E-state index in [2.05, 4.69) is 16.8 Å². The molecule has 7 nitrogen and oxygen atoms in total. The maximum atomic E-state index is 12.8. The Bertz CT molecular complexity index is 1200. The van der Waals surface area contributed by atoms with Crippen LogP contribution in [0.25, 0.3) is 0 Å². The molecule has 33 heavy (non-hydrogen) atoms. The van der Waals surface area contributed by atoms with Gasteiger partial charge in [-0.05, 0) is 43.5 Å². The summed E-state index contributed by atoms with van der Waals surface area (Å²) in [6.45, 7) is 5.54. The number of hydrogen-bond donors (Lipinski definition) is 2. The third-order valence-corrected chi connectivity index (χ3v) is 4.90. The minimum absolute atomic E-state index is 0.0149. The highest BCUT2D eigenvalue weighted by Gasteiger charge is 2.19. The Labute approximate surface area is 191 Å². The number of aromatic hydroxyl groups is 2. The second kappa shape index (κ2) is 10.9. The standard InChI is InChI=1S/C26H24N2O5/c1-3-23(30)33-15-7-10-19-16-17(2)11-13-21(19)27-28-24-22(29)14-12-20(26(24)32)25(31)18-8-5-4-6-9-18/h3-6,8-9,11-14,16,29,32H,1,7,10,15H2,2H3. The summed E-state index contributed by atoms with van der Waals surface area (Å²) in [5.41, 5.74) is 2.65. The second-order valence-electron chi connectivity index (χ2n) is 7.33. The van der Waals surface area contributed by atoms with Gasteiger partial charge in [-0.2, -0.15) is 5.11 Å². The van der Waals surface area contributed by atoms with Crippen LogP contribution in [0.1, 0.15) is 33.5 Å². The number of ether oxygens (including phenoxy) is 1. The van der Waals surface area contributed by atoms with E-state index in [1.165, 1.54) is 12.1 Å². The maximum absolute atomic E-state index is 12.8. The first-order chi connectivity index (χ1) is 15.9. The normalized spacial score (nSPS) is 10.8. The molecule has 0 bridgehead atoms. The van der Waals surface area contributed by atoms with E-state index in [1.807, 2.05) is 19.1 Å². The zero-order valence-electron chi connectivity index (χ0n) is 18.2. The van der Waals surface area contributed by atoms with Crippen LogP contribution in [0.4, 0.5) is 11.4 Å². The molecule has 0 aromatic heterocycles. The van der Waals surface area contributed by atoms with Crippen molar-refractivity contribution in [1.29, 1.82) is 0 Å². The van der Waals surface area contributed by atoms with Crippen LogP contribution < -0.4 is 0 Å². The van der Waals surface area contributed by atoms with Crippen LogP contribution in [0.5, 0.6) is 11.5 Å². The summed E-state index contributed by atoms with van der Waals surface area (Å²) in [6, 6.07) is 16.7. The van der Waals surface area contributed by atoms with Crippen molar-refractivity contribution in [3.63, 3.8) is 0 Å². The fraction of sp³-hybridized carbons (Fsp3) is 0.154. The molecule has 3 aromatic carbocycles. The molecule has 0 aliphatic heterocycles. The van der Waals surface area contributed by atoms with E-state index in [0.717, 1.165) is 17.2 Å². The molecular weight excluding hydrogens is 420 g/mol. The van der Waals surface area contributed by atoms with Gasteiger partial charge < -0.3 is 14.9 Å². The Hall–Kier alpha value is -4.26. The summed E-state index contributed by atoms with van der Waals surface area (Å²) >= 11 is 0. The van der Waals surface area contributed by atoms with Crippen LogP contribution in [-0.2, 0) is 16.0 Å². The highest BCUT2D eigenvalue weighted by atomic mass is 16.5. The molecule has 0 saturated carbocycles. The lowest BCUT2D eigenvalue weighted by Crippen LogP contribution is -2.03. The van der Waals surface area contributed by atoms with Crippen molar-refractivity contribution in [1.82, 2.24) is 0 Å². The van der Waals surface area contributed by atoms with E-state index in [9.17, 15) is 19.8 Å². The summed E-state index contributed by atoms with van der Waals surface area (Å²) in [6.07, 6.45) is 2.26. The van der Waals surface area contributed by atoms with Crippen LogP contribution in [-0.4, -0.2) is 28.6 Å². The van der Waals surface area contributed by atoms with Crippen molar-refractivity contribution >= 4 is 23.1 Å². The quantitative estimate of drug-likeness (QED) is 0.144. The molecule has 2 N–H and O–H groups in total. The van der Waals surface area contributed by atoms with Crippen LogP contribution in [0.15, 0.2) is 83.5 Å². The first-order valence-electron chi connectivity index (χ1n) is 10.4. The van der Waals surface area contributed by atoms with Gasteiger partial charge >= 0.3 is 5.97 Å². The fourth-order valence-corrected chi connectivity index (χ4v) is 3.21. The van der Waals surface area contributed by atoms with Gasteiger partial charge in [0.25, 0.3) is 0 Å². The smallest absolute Gasteiger partial charge is 0.330 e. The summed E-state index contributed by atoms with van der Waals surface area (Å²) in [4.78, 5) is 23.9. The van der Waals surface area contributed by atoms with Crippen LogP contribution in [0.3, 0.4) is 0 Å². The molecule has 0 atom stereocenters. The molecule has 0 amide bonds. The number of phenolic OH excluding ortho intramolecular Hbond substituents is 2. The number of rotatable bonds is 9. The molecule has 3 aromatic rings. The van der Waals surface area contributed by atoms with E-state index < -0.39 is 17.5 Å². The first kappa shape index (κ1) is 23.4. The predicted molar refractivity (Wildman–Crippen MR) is 124 cm³/mol. The lowest BCUT2D eigenvalue weighted by atomic mass is 10.0. The molecule has 0 spiro atoms. The fourth-order valence-electron chi connectivity index (χ4n) is 3.21. The summed E-state index contributed by atoms with van der Waals surface area (Å²) in [5.74, 6) is -1.62. The Balaban J connectivity index is 1.85. The molecule has 0 radical (unpaired) electrons. The van der Waals surface area contributed by atoms with Crippen molar-refractivity contribution in [2.24, 2.45) is 10.2 Å². The SMILES string of the molecule is C=CC(=O)OCCCc1cc(C)ccc1N=Nc1c(O)ccc(C(=O)c2ccccc2)c1O. The molecule has 0 heterocycles. The lowest BCUT2D eigenvalue weighted by Gasteiger charge is -2.09. The summed E-state index contributed by atoms with van der Waals surface area (Å²) in [7, 11) is 0.